The maximum atomic E-state index is 12.9. The Balaban J connectivity index is 1.13. The van der Waals surface area contributed by atoms with Gasteiger partial charge in [-0.1, -0.05) is 24.3 Å². The Hall–Kier alpha value is -3.24. The lowest BCUT2D eigenvalue weighted by Crippen LogP contribution is -2.50. The molecule has 2 aromatic rings. The normalized spacial score (nSPS) is 18.8. The minimum Gasteiger partial charge on any atom is -0.345 e. The summed E-state index contributed by atoms with van der Waals surface area (Å²) in [5, 5.41) is 2.45. The van der Waals surface area contributed by atoms with Crippen LogP contribution in [-0.4, -0.2) is 91.2 Å². The first kappa shape index (κ1) is 28.8. The molecule has 0 spiro atoms. The van der Waals surface area contributed by atoms with Gasteiger partial charge in [0.2, 0.25) is 0 Å². The number of rotatable bonds is 9. The molecule has 2 heterocycles. The molecule has 0 aromatic heterocycles. The van der Waals surface area contributed by atoms with Crippen molar-refractivity contribution >= 4 is 17.6 Å². The Bertz CT molecular complexity index is 1180. The molecule has 2 saturated heterocycles. The smallest absolute Gasteiger partial charge is 0.345 e. The van der Waals surface area contributed by atoms with Crippen LogP contribution < -0.4 is 5.32 Å². The molecule has 1 N–H and O–H groups in total. The summed E-state index contributed by atoms with van der Waals surface area (Å²) in [6.45, 7) is 8.33. The molecule has 0 aliphatic carbocycles. The maximum Gasteiger partial charge on any atom is 0.416 e. The molecule has 2 aliphatic heterocycles. The zero-order chi connectivity index (χ0) is 28.0. The lowest BCUT2D eigenvalue weighted by atomic mass is 10.0. The zero-order valence-electron chi connectivity index (χ0n) is 22.2. The summed E-state index contributed by atoms with van der Waals surface area (Å²) >= 11 is 0. The van der Waals surface area contributed by atoms with E-state index in [1.165, 1.54) is 12.1 Å². The lowest BCUT2D eigenvalue weighted by Gasteiger charge is -2.35. The van der Waals surface area contributed by atoms with Gasteiger partial charge in [0.05, 0.1) is 12.1 Å². The van der Waals surface area contributed by atoms with Crippen molar-refractivity contribution in [3.05, 3.63) is 70.8 Å². The van der Waals surface area contributed by atoms with E-state index in [0.717, 1.165) is 68.9 Å². The first-order chi connectivity index (χ1) is 18.6. The van der Waals surface area contributed by atoms with Crippen LogP contribution in [0.2, 0.25) is 0 Å². The number of nitrogens with zero attached hydrogens (tertiary/aromatic N) is 3. The van der Waals surface area contributed by atoms with Gasteiger partial charge in [0.1, 0.15) is 0 Å². The predicted molar refractivity (Wildman–Crippen MR) is 141 cm³/mol. The van der Waals surface area contributed by atoms with Crippen LogP contribution in [0.5, 0.6) is 0 Å². The average molecular weight is 545 g/mol. The highest BCUT2D eigenvalue weighted by Gasteiger charge is 2.31. The van der Waals surface area contributed by atoms with E-state index in [1.54, 1.807) is 0 Å². The molecular formula is C29H35F3N4O3. The van der Waals surface area contributed by atoms with Crippen molar-refractivity contribution in [2.75, 3.05) is 58.9 Å². The van der Waals surface area contributed by atoms with Gasteiger partial charge in [0.25, 0.3) is 11.8 Å². The Morgan fingerprint density at radius 3 is 2.36 bits per heavy atom. The lowest BCUT2D eigenvalue weighted by molar-refractivity contribution is -0.137. The van der Waals surface area contributed by atoms with Crippen molar-refractivity contribution in [1.82, 2.24) is 20.0 Å². The van der Waals surface area contributed by atoms with Gasteiger partial charge in [-0.2, -0.15) is 13.2 Å². The molecule has 0 bridgehead atoms. The van der Waals surface area contributed by atoms with E-state index in [4.69, 9.17) is 0 Å². The number of alkyl halides is 3. The maximum absolute atomic E-state index is 12.9. The number of Topliss-reactive ketones (excluding diaryl/α,β-unsaturated/α-hetero) is 1. The van der Waals surface area contributed by atoms with Gasteiger partial charge in [0.15, 0.2) is 5.78 Å². The molecule has 0 saturated carbocycles. The predicted octanol–water partition coefficient (Wildman–Crippen LogP) is 3.48. The van der Waals surface area contributed by atoms with E-state index in [2.05, 4.69) is 15.1 Å². The van der Waals surface area contributed by atoms with E-state index in [0.29, 0.717) is 19.5 Å². The molecule has 1 atom stereocenters. The van der Waals surface area contributed by atoms with Crippen molar-refractivity contribution < 1.29 is 27.6 Å². The number of amides is 2. The molecule has 2 aromatic carbocycles. The average Bonchev–Trinajstić information content (AvgIpc) is 3.37. The number of hydrogen-bond acceptors (Lipinski definition) is 5. The summed E-state index contributed by atoms with van der Waals surface area (Å²) in [7, 11) is 0. The Morgan fingerprint density at radius 1 is 0.923 bits per heavy atom. The molecule has 7 nitrogen and oxygen atoms in total. The molecule has 2 fully saturated rings. The topological polar surface area (TPSA) is 73.0 Å². The molecule has 0 unspecified atom stereocenters. The second-order valence-electron chi connectivity index (χ2n) is 10.4. The largest absolute Gasteiger partial charge is 0.416 e. The number of likely N-dealkylation sites (tertiary alicyclic amines) is 1. The van der Waals surface area contributed by atoms with Crippen LogP contribution in [0.3, 0.4) is 0 Å². The summed E-state index contributed by atoms with van der Waals surface area (Å²) in [4.78, 5) is 44.1. The number of hydrogen-bond donors (Lipinski definition) is 1. The van der Waals surface area contributed by atoms with Crippen LogP contribution in [-0.2, 0) is 11.0 Å². The fraction of sp³-hybridized carbons (Fsp3) is 0.483. The van der Waals surface area contributed by atoms with Gasteiger partial charge in [-0.25, -0.2) is 0 Å². The first-order valence-corrected chi connectivity index (χ1v) is 13.4. The number of ketones is 1. The SMILES string of the molecule is Cc1ccccc1C(=O)N1CCN(CCN2CC[C@@H](CC(=O)CNC(=O)c3cccc(C(F)(F)F)c3)C2)CC1. The highest BCUT2D eigenvalue weighted by molar-refractivity contribution is 5.97. The third-order valence-corrected chi connectivity index (χ3v) is 7.55. The van der Waals surface area contributed by atoms with Crippen molar-refractivity contribution in [2.45, 2.75) is 25.9 Å². The van der Waals surface area contributed by atoms with Crippen molar-refractivity contribution in [3.8, 4) is 0 Å². The summed E-state index contributed by atoms with van der Waals surface area (Å²) in [6, 6.07) is 11.8. The molecule has 0 radical (unpaired) electrons. The van der Waals surface area contributed by atoms with E-state index in [1.807, 2.05) is 36.1 Å². The van der Waals surface area contributed by atoms with Gasteiger partial charge in [-0.15, -0.1) is 0 Å². The van der Waals surface area contributed by atoms with E-state index in [-0.39, 0.29) is 29.7 Å². The molecule has 4 rings (SSSR count). The number of carbonyl (C=O) groups is 3. The Labute approximate surface area is 226 Å². The number of halogens is 3. The molecular weight excluding hydrogens is 509 g/mol. The van der Waals surface area contributed by atoms with Crippen molar-refractivity contribution in [2.24, 2.45) is 5.92 Å². The quantitative estimate of drug-likeness (QED) is 0.524. The monoisotopic (exact) mass is 544 g/mol. The van der Waals surface area contributed by atoms with Crippen molar-refractivity contribution in [3.63, 3.8) is 0 Å². The van der Waals surface area contributed by atoms with Crippen molar-refractivity contribution in [1.29, 1.82) is 0 Å². The molecule has 2 aliphatic rings. The fourth-order valence-electron chi connectivity index (χ4n) is 5.24. The van der Waals surface area contributed by atoms with E-state index < -0.39 is 17.6 Å². The van der Waals surface area contributed by atoms with Gasteiger partial charge >= 0.3 is 6.18 Å². The second kappa shape index (κ2) is 12.7. The Kier molecular flexibility index (Phi) is 9.40. The Morgan fingerprint density at radius 2 is 1.64 bits per heavy atom. The minimum absolute atomic E-state index is 0.0887. The van der Waals surface area contributed by atoms with Crippen LogP contribution in [0, 0.1) is 12.8 Å². The van der Waals surface area contributed by atoms with Crippen LogP contribution in [0.1, 0.15) is 44.7 Å². The summed E-state index contributed by atoms with van der Waals surface area (Å²) in [6.07, 6.45) is -3.31. The first-order valence-electron chi connectivity index (χ1n) is 13.4. The van der Waals surface area contributed by atoms with Gasteiger partial charge in [-0.3, -0.25) is 19.3 Å². The van der Waals surface area contributed by atoms with E-state index in [9.17, 15) is 27.6 Å². The number of aryl methyl sites for hydroxylation is 1. The molecule has 210 valence electrons. The van der Waals surface area contributed by atoms with Crippen LogP contribution >= 0.6 is 0 Å². The highest BCUT2D eigenvalue weighted by atomic mass is 19.4. The molecule has 2 amide bonds. The number of benzene rings is 2. The van der Waals surface area contributed by atoms with E-state index >= 15 is 0 Å². The number of piperazine rings is 1. The highest BCUT2D eigenvalue weighted by Crippen LogP contribution is 2.29. The third kappa shape index (κ3) is 7.89. The van der Waals surface area contributed by atoms with Gasteiger partial charge in [0, 0.05) is 63.4 Å². The fourth-order valence-corrected chi connectivity index (χ4v) is 5.24. The third-order valence-electron chi connectivity index (χ3n) is 7.55. The summed E-state index contributed by atoms with van der Waals surface area (Å²) < 4.78 is 38.6. The standard InChI is InChI=1S/C29H35F3N4O3/c1-21-5-2-3-8-26(21)28(39)36-15-13-34(14-16-36)11-12-35-10-9-22(20-35)17-25(37)19-33-27(38)23-6-4-7-24(18-23)29(30,31)32/h2-8,18,22H,9-17,19-20H2,1H3,(H,33,38)/t22-/m0/s1. The van der Waals surface area contributed by atoms with Crippen LogP contribution in [0.25, 0.3) is 0 Å². The van der Waals surface area contributed by atoms with Crippen LogP contribution in [0.15, 0.2) is 48.5 Å². The number of nitrogens with one attached hydrogen (secondary N) is 1. The summed E-state index contributed by atoms with van der Waals surface area (Å²) in [5.74, 6) is -0.530. The van der Waals surface area contributed by atoms with Gasteiger partial charge < -0.3 is 15.1 Å². The van der Waals surface area contributed by atoms with Crippen LogP contribution in [0.4, 0.5) is 13.2 Å². The minimum atomic E-state index is -4.53. The second-order valence-corrected chi connectivity index (χ2v) is 10.4. The molecule has 10 heteroatoms. The van der Waals surface area contributed by atoms with Gasteiger partial charge in [-0.05, 0) is 55.6 Å². The number of carbonyl (C=O) groups excluding carboxylic acids is 3. The summed E-state index contributed by atoms with van der Waals surface area (Å²) in [5.41, 5.74) is 0.735. The zero-order valence-corrected chi connectivity index (χ0v) is 22.2. The molecule has 39 heavy (non-hydrogen) atoms.